The predicted octanol–water partition coefficient (Wildman–Crippen LogP) is 2.09. The summed E-state index contributed by atoms with van der Waals surface area (Å²) >= 11 is 0. The number of carbonyl (C=O) groups is 1. The molecule has 0 aliphatic carbocycles. The van der Waals surface area contributed by atoms with Crippen LogP contribution in [0.5, 0.6) is 0 Å². The predicted molar refractivity (Wildman–Crippen MR) is 71.3 cm³/mol. The molecule has 2 rings (SSSR count). The number of amides is 1. The quantitative estimate of drug-likeness (QED) is 0.671. The first kappa shape index (κ1) is 13.9. The van der Waals surface area contributed by atoms with Crippen LogP contribution in [-0.2, 0) is 14.1 Å². The Hall–Kier alpha value is -0.545. The highest BCUT2D eigenvalue weighted by molar-refractivity contribution is 6.47. The van der Waals surface area contributed by atoms with Crippen molar-refractivity contribution in [2.75, 3.05) is 13.1 Å². The third-order valence-corrected chi connectivity index (χ3v) is 4.64. The molecular formula is C13H24BNO3. The van der Waals surface area contributed by atoms with Gasteiger partial charge in [0.15, 0.2) is 0 Å². The minimum absolute atomic E-state index is 0.121. The molecule has 102 valence electrons. The third kappa shape index (κ3) is 2.43. The highest BCUT2D eigenvalue weighted by Gasteiger charge is 2.53. The van der Waals surface area contributed by atoms with Gasteiger partial charge in [-0.3, -0.25) is 4.79 Å². The summed E-state index contributed by atoms with van der Waals surface area (Å²) in [5.41, 5.74) is -0.509. The maximum absolute atomic E-state index is 11.3. The topological polar surface area (TPSA) is 38.8 Å². The van der Waals surface area contributed by atoms with E-state index in [9.17, 15) is 4.79 Å². The van der Waals surface area contributed by atoms with Gasteiger partial charge >= 0.3 is 7.12 Å². The Morgan fingerprint density at radius 3 is 1.94 bits per heavy atom. The average Bonchev–Trinajstić information content (AvgIpc) is 2.48. The van der Waals surface area contributed by atoms with Crippen LogP contribution in [-0.4, -0.2) is 42.2 Å². The van der Waals surface area contributed by atoms with Gasteiger partial charge in [0.1, 0.15) is 0 Å². The largest absolute Gasteiger partial charge is 0.461 e. The van der Waals surface area contributed by atoms with E-state index >= 15 is 0 Å². The van der Waals surface area contributed by atoms with E-state index in [0.29, 0.717) is 5.82 Å². The molecule has 0 aromatic rings. The molecule has 2 aliphatic rings. The molecule has 5 heteroatoms. The molecule has 0 aromatic heterocycles. The van der Waals surface area contributed by atoms with Crippen molar-refractivity contribution in [3.63, 3.8) is 0 Å². The molecule has 0 atom stereocenters. The highest BCUT2D eigenvalue weighted by Crippen LogP contribution is 2.42. The zero-order valence-electron chi connectivity index (χ0n) is 12.2. The Bertz CT molecular complexity index is 319. The van der Waals surface area contributed by atoms with Crippen molar-refractivity contribution in [2.45, 2.75) is 64.5 Å². The van der Waals surface area contributed by atoms with Gasteiger partial charge in [-0.25, -0.2) is 0 Å². The molecule has 4 nitrogen and oxygen atoms in total. The molecule has 0 unspecified atom stereocenters. The molecule has 0 radical (unpaired) electrons. The SMILES string of the molecule is CC(=O)N1CCC(B2OC(C)(C)C(C)(C)O2)CC1. The second-order valence-corrected chi connectivity index (χ2v) is 6.47. The molecular weight excluding hydrogens is 229 g/mol. The van der Waals surface area contributed by atoms with Gasteiger partial charge in [0.2, 0.25) is 5.91 Å². The Labute approximate surface area is 110 Å². The van der Waals surface area contributed by atoms with Crippen LogP contribution in [0.15, 0.2) is 0 Å². The summed E-state index contributed by atoms with van der Waals surface area (Å²) in [6.07, 6.45) is 1.94. The molecule has 0 bridgehead atoms. The van der Waals surface area contributed by atoms with Crippen molar-refractivity contribution in [1.82, 2.24) is 4.90 Å². The van der Waals surface area contributed by atoms with Gasteiger partial charge in [-0.05, 0) is 46.4 Å². The molecule has 2 saturated heterocycles. The van der Waals surface area contributed by atoms with Crippen LogP contribution in [0.3, 0.4) is 0 Å². The lowest BCUT2D eigenvalue weighted by atomic mass is 9.67. The van der Waals surface area contributed by atoms with Crippen LogP contribution in [0.1, 0.15) is 47.5 Å². The van der Waals surface area contributed by atoms with Gasteiger partial charge in [0.05, 0.1) is 11.2 Å². The van der Waals surface area contributed by atoms with E-state index in [2.05, 4.69) is 27.7 Å². The second-order valence-electron chi connectivity index (χ2n) is 6.47. The van der Waals surface area contributed by atoms with Gasteiger partial charge in [0.25, 0.3) is 0 Å². The summed E-state index contributed by atoms with van der Waals surface area (Å²) in [6.45, 7) is 11.6. The van der Waals surface area contributed by atoms with Crippen molar-refractivity contribution >= 4 is 13.0 Å². The fraction of sp³-hybridized carbons (Fsp3) is 0.923. The van der Waals surface area contributed by atoms with E-state index in [1.54, 1.807) is 6.92 Å². The fourth-order valence-corrected chi connectivity index (χ4v) is 2.57. The number of nitrogens with zero attached hydrogens (tertiary/aromatic N) is 1. The zero-order valence-corrected chi connectivity index (χ0v) is 12.2. The normalized spacial score (nSPS) is 27.6. The van der Waals surface area contributed by atoms with Crippen molar-refractivity contribution in [3.8, 4) is 0 Å². The van der Waals surface area contributed by atoms with E-state index in [1.807, 2.05) is 4.90 Å². The van der Waals surface area contributed by atoms with E-state index in [0.717, 1.165) is 25.9 Å². The highest BCUT2D eigenvalue weighted by atomic mass is 16.7. The first-order valence-electron chi connectivity index (χ1n) is 6.84. The number of piperidine rings is 1. The number of likely N-dealkylation sites (tertiary alicyclic amines) is 1. The first-order valence-corrected chi connectivity index (χ1v) is 6.84. The monoisotopic (exact) mass is 253 g/mol. The van der Waals surface area contributed by atoms with Gasteiger partial charge in [-0.1, -0.05) is 0 Å². The molecule has 1 amide bonds. The van der Waals surface area contributed by atoms with Crippen LogP contribution >= 0.6 is 0 Å². The van der Waals surface area contributed by atoms with Crippen LogP contribution in [0.25, 0.3) is 0 Å². The van der Waals surface area contributed by atoms with E-state index in [1.165, 1.54) is 0 Å². The lowest BCUT2D eigenvalue weighted by Crippen LogP contribution is -2.41. The summed E-state index contributed by atoms with van der Waals surface area (Å²) in [7, 11) is -0.121. The lowest BCUT2D eigenvalue weighted by Gasteiger charge is -2.32. The molecule has 0 N–H and O–H groups in total. The molecule has 0 spiro atoms. The molecule has 2 fully saturated rings. The Morgan fingerprint density at radius 1 is 1.11 bits per heavy atom. The van der Waals surface area contributed by atoms with Crippen molar-refractivity contribution in [2.24, 2.45) is 0 Å². The number of hydrogen-bond donors (Lipinski definition) is 0. The summed E-state index contributed by atoms with van der Waals surface area (Å²) in [6, 6.07) is 0. The second kappa shape index (κ2) is 4.53. The Kier molecular flexibility index (Phi) is 3.49. The minimum atomic E-state index is -0.255. The summed E-state index contributed by atoms with van der Waals surface area (Å²) in [4.78, 5) is 13.2. The zero-order chi connectivity index (χ0) is 13.6. The maximum atomic E-state index is 11.3. The van der Waals surface area contributed by atoms with Crippen LogP contribution in [0, 0.1) is 0 Å². The fourth-order valence-electron chi connectivity index (χ4n) is 2.57. The van der Waals surface area contributed by atoms with Gasteiger partial charge in [-0.15, -0.1) is 0 Å². The lowest BCUT2D eigenvalue weighted by molar-refractivity contribution is -0.129. The van der Waals surface area contributed by atoms with Crippen LogP contribution < -0.4 is 0 Å². The standard InChI is InChI=1S/C13H24BNO3/c1-10(16)15-8-6-11(7-9-15)14-17-12(2,3)13(4,5)18-14/h11H,6-9H2,1-5H3. The Balaban J connectivity index is 1.94. The van der Waals surface area contributed by atoms with Crippen LogP contribution in [0.2, 0.25) is 5.82 Å². The number of hydrogen-bond acceptors (Lipinski definition) is 3. The maximum Gasteiger partial charge on any atom is 0.461 e. The average molecular weight is 253 g/mol. The van der Waals surface area contributed by atoms with Gasteiger partial charge in [0, 0.05) is 20.0 Å². The van der Waals surface area contributed by atoms with E-state index in [4.69, 9.17) is 9.31 Å². The van der Waals surface area contributed by atoms with Crippen molar-refractivity contribution in [1.29, 1.82) is 0 Å². The summed E-state index contributed by atoms with van der Waals surface area (Å²) in [5, 5.41) is 0. The first-order chi connectivity index (χ1) is 8.23. The van der Waals surface area contributed by atoms with E-state index in [-0.39, 0.29) is 24.2 Å². The third-order valence-electron chi connectivity index (χ3n) is 4.64. The Morgan fingerprint density at radius 2 is 1.56 bits per heavy atom. The van der Waals surface area contributed by atoms with Gasteiger partial charge in [-0.2, -0.15) is 0 Å². The van der Waals surface area contributed by atoms with Crippen molar-refractivity contribution in [3.05, 3.63) is 0 Å². The molecule has 18 heavy (non-hydrogen) atoms. The van der Waals surface area contributed by atoms with Gasteiger partial charge < -0.3 is 14.2 Å². The molecule has 0 saturated carbocycles. The molecule has 2 aliphatic heterocycles. The number of rotatable bonds is 1. The summed E-state index contributed by atoms with van der Waals surface area (Å²) < 4.78 is 12.1. The number of carbonyl (C=O) groups excluding carboxylic acids is 1. The van der Waals surface area contributed by atoms with Crippen LogP contribution in [0.4, 0.5) is 0 Å². The smallest absolute Gasteiger partial charge is 0.403 e. The van der Waals surface area contributed by atoms with Crippen molar-refractivity contribution < 1.29 is 14.1 Å². The minimum Gasteiger partial charge on any atom is -0.403 e. The van der Waals surface area contributed by atoms with E-state index < -0.39 is 0 Å². The molecule has 0 aromatic carbocycles. The molecule has 2 heterocycles. The summed E-state index contributed by atoms with van der Waals surface area (Å²) in [5.74, 6) is 0.573.